The van der Waals surface area contributed by atoms with Crippen LogP contribution in [0.3, 0.4) is 0 Å². The molecule has 0 spiro atoms. The van der Waals surface area contributed by atoms with Gasteiger partial charge in [-0.1, -0.05) is 0 Å². The highest BCUT2D eigenvalue weighted by Crippen LogP contribution is 2.06. The van der Waals surface area contributed by atoms with Crippen LogP contribution in [0, 0.1) is 23.1 Å². The molecule has 0 aliphatic carbocycles. The summed E-state index contributed by atoms with van der Waals surface area (Å²) in [6.45, 7) is 0. The van der Waals surface area contributed by atoms with E-state index in [1.807, 2.05) is 0 Å². The Morgan fingerprint density at radius 2 is 2.25 bits per heavy atom. The summed E-state index contributed by atoms with van der Waals surface area (Å²) in [4.78, 5) is 3.13. The Morgan fingerprint density at radius 1 is 1.50 bits per heavy atom. The van der Waals surface area contributed by atoms with Crippen LogP contribution < -0.4 is 0 Å². The summed E-state index contributed by atoms with van der Waals surface area (Å²) in [6.07, 6.45) is 3.65. The van der Waals surface area contributed by atoms with Crippen molar-refractivity contribution in [2.75, 3.05) is 0 Å². The molecule has 1 aromatic heterocycles. The Hall–Kier alpha value is -1.76. The third-order valence-electron chi connectivity index (χ3n) is 1.17. The number of rotatable bonds is 1. The first-order chi connectivity index (χ1) is 5.74. The number of pyridine rings is 1. The first kappa shape index (κ1) is 8.34. The van der Waals surface area contributed by atoms with E-state index in [1.165, 1.54) is 6.08 Å². The summed E-state index contributed by atoms with van der Waals surface area (Å²) in [5.41, 5.74) is 0.357. The van der Waals surface area contributed by atoms with Crippen molar-refractivity contribution in [2.45, 2.75) is 0 Å². The number of halogens is 2. The van der Waals surface area contributed by atoms with Gasteiger partial charge in [-0.2, -0.15) is 9.65 Å². The van der Waals surface area contributed by atoms with Gasteiger partial charge in [-0.15, -0.1) is 0 Å². The lowest BCUT2D eigenvalue weighted by molar-refractivity contribution is 0.479. The number of hydrogen-bond donors (Lipinski definition) is 0. The zero-order valence-corrected chi connectivity index (χ0v) is 5.96. The molecule has 0 saturated heterocycles. The molecular weight excluding hydrogens is 162 g/mol. The first-order valence-electron chi connectivity index (χ1n) is 3.11. The van der Waals surface area contributed by atoms with Crippen molar-refractivity contribution >= 4 is 6.08 Å². The van der Waals surface area contributed by atoms with Crippen LogP contribution in [-0.2, 0) is 0 Å². The maximum atomic E-state index is 12.5. The SMILES string of the molecule is N#CC=Cc1cnc(F)c(F)c1. The van der Waals surface area contributed by atoms with Gasteiger partial charge in [0.05, 0.1) is 6.07 Å². The molecule has 0 N–H and O–H groups in total. The lowest BCUT2D eigenvalue weighted by Crippen LogP contribution is -1.88. The van der Waals surface area contributed by atoms with Crippen molar-refractivity contribution in [1.82, 2.24) is 4.98 Å². The van der Waals surface area contributed by atoms with Crippen LogP contribution >= 0.6 is 0 Å². The third-order valence-corrected chi connectivity index (χ3v) is 1.17. The van der Waals surface area contributed by atoms with Crippen LogP contribution in [0.15, 0.2) is 18.3 Å². The van der Waals surface area contributed by atoms with Crippen LogP contribution in [-0.4, -0.2) is 4.98 Å². The van der Waals surface area contributed by atoms with Crippen LogP contribution in [0.1, 0.15) is 5.56 Å². The summed E-state index contributed by atoms with van der Waals surface area (Å²) in [6, 6.07) is 2.69. The van der Waals surface area contributed by atoms with Crippen molar-refractivity contribution in [3.05, 3.63) is 35.7 Å². The van der Waals surface area contributed by atoms with Crippen molar-refractivity contribution in [3.63, 3.8) is 0 Å². The Morgan fingerprint density at radius 3 is 2.83 bits per heavy atom. The van der Waals surface area contributed by atoms with Gasteiger partial charge in [0.2, 0.25) is 5.95 Å². The minimum absolute atomic E-state index is 0.357. The molecule has 4 heteroatoms. The molecule has 0 aromatic carbocycles. The molecule has 0 atom stereocenters. The summed E-state index contributed by atoms with van der Waals surface area (Å²) >= 11 is 0. The summed E-state index contributed by atoms with van der Waals surface area (Å²) in [7, 11) is 0. The zero-order chi connectivity index (χ0) is 8.97. The summed E-state index contributed by atoms with van der Waals surface area (Å²) in [5.74, 6) is -2.15. The van der Waals surface area contributed by atoms with E-state index in [0.29, 0.717) is 5.56 Å². The van der Waals surface area contributed by atoms with Gasteiger partial charge in [0.15, 0.2) is 5.82 Å². The summed E-state index contributed by atoms with van der Waals surface area (Å²) in [5, 5.41) is 8.13. The molecule has 12 heavy (non-hydrogen) atoms. The van der Waals surface area contributed by atoms with E-state index >= 15 is 0 Å². The van der Waals surface area contributed by atoms with E-state index < -0.39 is 11.8 Å². The fourth-order valence-electron chi connectivity index (χ4n) is 0.661. The standard InChI is InChI=1S/C8H4F2N2/c9-7-4-6(2-1-3-11)5-12-8(7)10/h1-2,4-5H. The molecule has 0 aliphatic rings. The first-order valence-corrected chi connectivity index (χ1v) is 3.11. The second-order valence-corrected chi connectivity index (χ2v) is 2.00. The van der Waals surface area contributed by atoms with Gasteiger partial charge in [0.25, 0.3) is 0 Å². The van der Waals surface area contributed by atoms with Gasteiger partial charge in [-0.3, -0.25) is 0 Å². The Bertz CT molecular complexity index is 353. The van der Waals surface area contributed by atoms with Gasteiger partial charge in [-0.25, -0.2) is 9.37 Å². The largest absolute Gasteiger partial charge is 0.248 e. The molecule has 60 valence electrons. The second kappa shape index (κ2) is 3.58. The predicted molar refractivity (Wildman–Crippen MR) is 38.8 cm³/mol. The quantitative estimate of drug-likeness (QED) is 0.472. The third kappa shape index (κ3) is 1.86. The molecule has 1 rings (SSSR count). The predicted octanol–water partition coefficient (Wildman–Crippen LogP) is 1.90. The van der Waals surface area contributed by atoms with Crippen LogP contribution in [0.5, 0.6) is 0 Å². The molecule has 0 radical (unpaired) electrons. The highest BCUT2D eigenvalue weighted by atomic mass is 19.2. The molecule has 1 heterocycles. The monoisotopic (exact) mass is 166 g/mol. The Kier molecular flexibility index (Phi) is 2.49. The maximum absolute atomic E-state index is 12.5. The summed E-state index contributed by atoms with van der Waals surface area (Å²) < 4.78 is 24.7. The van der Waals surface area contributed by atoms with Gasteiger partial charge >= 0.3 is 0 Å². The average Bonchev–Trinajstić information content (AvgIpc) is 2.07. The van der Waals surface area contributed by atoms with Crippen LogP contribution in [0.4, 0.5) is 8.78 Å². The minimum Gasteiger partial charge on any atom is -0.225 e. The normalized spacial score (nSPS) is 10.1. The van der Waals surface area contributed by atoms with Crippen molar-refractivity contribution in [3.8, 4) is 6.07 Å². The number of aromatic nitrogens is 1. The van der Waals surface area contributed by atoms with Crippen molar-refractivity contribution < 1.29 is 8.78 Å². The molecule has 0 unspecified atom stereocenters. The smallest absolute Gasteiger partial charge is 0.225 e. The molecule has 0 amide bonds. The average molecular weight is 166 g/mol. The van der Waals surface area contributed by atoms with Gasteiger partial charge < -0.3 is 0 Å². The number of hydrogen-bond acceptors (Lipinski definition) is 2. The highest BCUT2D eigenvalue weighted by molar-refractivity contribution is 5.50. The molecule has 0 saturated carbocycles. The fraction of sp³-hybridized carbons (Fsp3) is 0. The van der Waals surface area contributed by atoms with E-state index in [4.69, 9.17) is 5.26 Å². The molecule has 0 fully saturated rings. The molecular formula is C8H4F2N2. The lowest BCUT2D eigenvalue weighted by Gasteiger charge is -1.92. The molecule has 2 nitrogen and oxygen atoms in total. The van der Waals surface area contributed by atoms with E-state index in [1.54, 1.807) is 6.07 Å². The van der Waals surface area contributed by atoms with E-state index in [-0.39, 0.29) is 0 Å². The van der Waals surface area contributed by atoms with Crippen molar-refractivity contribution in [2.24, 2.45) is 0 Å². The van der Waals surface area contributed by atoms with E-state index in [0.717, 1.165) is 18.3 Å². The highest BCUT2D eigenvalue weighted by Gasteiger charge is 2.00. The topological polar surface area (TPSA) is 36.7 Å². The number of nitrogens with zero attached hydrogens (tertiary/aromatic N) is 2. The van der Waals surface area contributed by atoms with Crippen molar-refractivity contribution in [1.29, 1.82) is 5.26 Å². The van der Waals surface area contributed by atoms with E-state index in [9.17, 15) is 8.78 Å². The van der Waals surface area contributed by atoms with Crippen LogP contribution in [0.25, 0.3) is 6.08 Å². The second-order valence-electron chi connectivity index (χ2n) is 2.00. The number of allylic oxidation sites excluding steroid dienone is 1. The number of nitriles is 1. The Balaban J connectivity index is 2.99. The van der Waals surface area contributed by atoms with Gasteiger partial charge in [-0.05, 0) is 17.7 Å². The van der Waals surface area contributed by atoms with E-state index in [2.05, 4.69) is 4.98 Å². The maximum Gasteiger partial charge on any atom is 0.248 e. The fourth-order valence-corrected chi connectivity index (χ4v) is 0.661. The molecule has 1 aromatic rings. The zero-order valence-electron chi connectivity index (χ0n) is 5.96. The van der Waals surface area contributed by atoms with Crippen LogP contribution in [0.2, 0.25) is 0 Å². The van der Waals surface area contributed by atoms with Gasteiger partial charge in [0.1, 0.15) is 0 Å². The molecule has 0 bridgehead atoms. The molecule has 0 aliphatic heterocycles. The minimum atomic E-state index is -1.14. The van der Waals surface area contributed by atoms with Gasteiger partial charge in [0, 0.05) is 12.3 Å². The lowest BCUT2D eigenvalue weighted by atomic mass is 10.2. The Labute approximate surface area is 67.8 Å².